The number of rotatable bonds is 5. The van der Waals surface area contributed by atoms with Crippen LogP contribution in [0, 0.1) is 0 Å². The van der Waals surface area contributed by atoms with Crippen LogP contribution in [0.5, 0.6) is 5.75 Å². The topological polar surface area (TPSA) is 41.5 Å². The van der Waals surface area contributed by atoms with Gasteiger partial charge in [0.05, 0.1) is 7.11 Å². The molecule has 23 heavy (non-hydrogen) atoms. The number of likely N-dealkylation sites (tertiary alicyclic amines) is 1. The fraction of sp³-hybridized carbons (Fsp3) is 0.412. The zero-order valence-corrected chi connectivity index (χ0v) is 15.0. The summed E-state index contributed by atoms with van der Waals surface area (Å²) in [6, 6.07) is 8.60. The summed E-state index contributed by atoms with van der Waals surface area (Å²) in [7, 11) is 3.83. The minimum Gasteiger partial charge on any atom is -0.496 e. The molecule has 1 aromatic carbocycles. The van der Waals surface area contributed by atoms with Crippen LogP contribution in [0.25, 0.3) is 0 Å². The van der Waals surface area contributed by atoms with Gasteiger partial charge < -0.3 is 9.64 Å². The molecule has 1 aliphatic heterocycles. The van der Waals surface area contributed by atoms with Gasteiger partial charge in [0, 0.05) is 49.0 Å². The van der Waals surface area contributed by atoms with Gasteiger partial charge in [0.1, 0.15) is 17.9 Å². The van der Waals surface area contributed by atoms with Crippen molar-refractivity contribution < 1.29 is 4.74 Å². The Morgan fingerprint density at radius 1 is 1.39 bits per heavy atom. The SMILES string of the molecule is COc1ccc(Br)cc1CN1CCC(N(C)c2ccncn2)C1. The molecule has 0 radical (unpaired) electrons. The Hall–Kier alpha value is -1.66. The summed E-state index contributed by atoms with van der Waals surface area (Å²) in [4.78, 5) is 13.0. The first-order valence-corrected chi connectivity index (χ1v) is 8.50. The maximum atomic E-state index is 5.48. The number of anilines is 1. The first kappa shape index (κ1) is 16.2. The van der Waals surface area contributed by atoms with Gasteiger partial charge in [0.15, 0.2) is 0 Å². The lowest BCUT2D eigenvalue weighted by Crippen LogP contribution is -2.35. The summed E-state index contributed by atoms with van der Waals surface area (Å²) in [6.07, 6.45) is 4.53. The summed E-state index contributed by atoms with van der Waals surface area (Å²) in [6.45, 7) is 3.00. The quantitative estimate of drug-likeness (QED) is 0.802. The molecule has 1 aliphatic rings. The molecule has 1 fully saturated rings. The van der Waals surface area contributed by atoms with E-state index in [2.05, 4.69) is 48.8 Å². The molecule has 0 N–H and O–H groups in total. The number of hydrogen-bond acceptors (Lipinski definition) is 5. The zero-order chi connectivity index (χ0) is 16.2. The van der Waals surface area contributed by atoms with Crippen LogP contribution < -0.4 is 9.64 Å². The van der Waals surface area contributed by atoms with Gasteiger partial charge in [-0.25, -0.2) is 9.97 Å². The highest BCUT2D eigenvalue weighted by atomic mass is 79.9. The molecular formula is C17H21BrN4O. The van der Waals surface area contributed by atoms with Crippen molar-refractivity contribution in [2.24, 2.45) is 0 Å². The molecule has 0 amide bonds. The van der Waals surface area contributed by atoms with E-state index in [1.165, 1.54) is 5.56 Å². The van der Waals surface area contributed by atoms with E-state index >= 15 is 0 Å². The molecule has 0 bridgehead atoms. The summed E-state index contributed by atoms with van der Waals surface area (Å²) in [5, 5.41) is 0. The van der Waals surface area contributed by atoms with Gasteiger partial charge in [-0.05, 0) is 30.7 Å². The number of hydrogen-bond donors (Lipinski definition) is 0. The Balaban J connectivity index is 1.65. The Bertz CT molecular complexity index is 652. The highest BCUT2D eigenvalue weighted by Gasteiger charge is 2.27. The van der Waals surface area contributed by atoms with Gasteiger partial charge in [-0.3, -0.25) is 4.90 Å². The van der Waals surface area contributed by atoms with Crippen LogP contribution in [0.15, 0.2) is 41.3 Å². The van der Waals surface area contributed by atoms with Crippen molar-refractivity contribution in [2.45, 2.75) is 19.0 Å². The molecule has 1 aromatic heterocycles. The van der Waals surface area contributed by atoms with Crippen LogP contribution in [-0.4, -0.2) is 48.2 Å². The molecule has 0 spiro atoms. The molecule has 6 heteroatoms. The smallest absolute Gasteiger partial charge is 0.131 e. The Labute approximate surface area is 145 Å². The van der Waals surface area contributed by atoms with Gasteiger partial charge in [-0.1, -0.05) is 15.9 Å². The largest absolute Gasteiger partial charge is 0.496 e. The maximum absolute atomic E-state index is 5.48. The second-order valence-electron chi connectivity index (χ2n) is 5.81. The molecule has 3 rings (SSSR count). The van der Waals surface area contributed by atoms with E-state index in [-0.39, 0.29) is 0 Å². The Morgan fingerprint density at radius 3 is 3.00 bits per heavy atom. The van der Waals surface area contributed by atoms with Gasteiger partial charge >= 0.3 is 0 Å². The van der Waals surface area contributed by atoms with Crippen LogP contribution in [0.3, 0.4) is 0 Å². The number of ether oxygens (including phenoxy) is 1. The third-order valence-corrected chi connectivity index (χ3v) is 4.85. The van der Waals surface area contributed by atoms with E-state index in [9.17, 15) is 0 Å². The van der Waals surface area contributed by atoms with Gasteiger partial charge in [-0.15, -0.1) is 0 Å². The lowest BCUT2D eigenvalue weighted by molar-refractivity contribution is 0.316. The number of halogens is 1. The van der Waals surface area contributed by atoms with Gasteiger partial charge in [0.25, 0.3) is 0 Å². The van der Waals surface area contributed by atoms with E-state index < -0.39 is 0 Å². The number of methoxy groups -OCH3 is 1. The Kier molecular flexibility index (Phi) is 5.13. The van der Waals surface area contributed by atoms with E-state index in [1.54, 1.807) is 19.6 Å². The standard InChI is InChI=1S/C17H21BrN4O/c1-21(17-5-7-19-12-20-17)15-6-8-22(11-15)10-13-9-14(18)3-4-16(13)23-2/h3-5,7,9,12,15H,6,8,10-11H2,1-2H3. The van der Waals surface area contributed by atoms with Crippen molar-refractivity contribution in [1.82, 2.24) is 14.9 Å². The van der Waals surface area contributed by atoms with E-state index in [1.807, 2.05) is 18.2 Å². The van der Waals surface area contributed by atoms with Crippen molar-refractivity contribution in [3.8, 4) is 5.75 Å². The third kappa shape index (κ3) is 3.82. The number of aromatic nitrogens is 2. The maximum Gasteiger partial charge on any atom is 0.131 e. The minimum absolute atomic E-state index is 0.475. The predicted molar refractivity (Wildman–Crippen MR) is 94.8 cm³/mol. The predicted octanol–water partition coefficient (Wildman–Crippen LogP) is 2.96. The molecular weight excluding hydrogens is 356 g/mol. The molecule has 0 saturated carbocycles. The van der Waals surface area contributed by atoms with Crippen molar-refractivity contribution in [1.29, 1.82) is 0 Å². The summed E-state index contributed by atoms with van der Waals surface area (Å²) >= 11 is 3.54. The van der Waals surface area contributed by atoms with Crippen LogP contribution in [0.4, 0.5) is 5.82 Å². The van der Waals surface area contributed by atoms with Crippen LogP contribution in [0.2, 0.25) is 0 Å². The highest BCUT2D eigenvalue weighted by molar-refractivity contribution is 9.10. The first-order chi connectivity index (χ1) is 11.2. The van der Waals surface area contributed by atoms with Crippen molar-refractivity contribution in [3.63, 3.8) is 0 Å². The lowest BCUT2D eigenvalue weighted by atomic mass is 10.2. The molecule has 1 atom stereocenters. The average Bonchev–Trinajstić information content (AvgIpc) is 3.04. The van der Waals surface area contributed by atoms with Gasteiger partial charge in [0.2, 0.25) is 0 Å². The van der Waals surface area contributed by atoms with Crippen LogP contribution >= 0.6 is 15.9 Å². The number of nitrogens with zero attached hydrogens (tertiary/aromatic N) is 4. The van der Waals surface area contributed by atoms with Crippen molar-refractivity contribution in [2.75, 3.05) is 32.1 Å². The molecule has 5 nitrogen and oxygen atoms in total. The molecule has 2 aromatic rings. The van der Waals surface area contributed by atoms with E-state index in [0.717, 1.165) is 42.1 Å². The molecule has 122 valence electrons. The zero-order valence-electron chi connectivity index (χ0n) is 13.4. The average molecular weight is 377 g/mol. The summed E-state index contributed by atoms with van der Waals surface area (Å²) in [5.74, 6) is 1.92. The van der Waals surface area contributed by atoms with E-state index in [0.29, 0.717) is 6.04 Å². The van der Waals surface area contributed by atoms with Crippen LogP contribution in [-0.2, 0) is 6.54 Å². The van der Waals surface area contributed by atoms with Crippen molar-refractivity contribution in [3.05, 3.63) is 46.8 Å². The second kappa shape index (κ2) is 7.27. The molecule has 1 saturated heterocycles. The van der Waals surface area contributed by atoms with Crippen molar-refractivity contribution >= 4 is 21.7 Å². The fourth-order valence-corrected chi connectivity index (χ4v) is 3.47. The fourth-order valence-electron chi connectivity index (χ4n) is 3.06. The normalized spacial score (nSPS) is 18.1. The summed E-state index contributed by atoms with van der Waals surface area (Å²) < 4.78 is 6.56. The highest BCUT2D eigenvalue weighted by Crippen LogP contribution is 2.27. The third-order valence-electron chi connectivity index (χ3n) is 4.36. The first-order valence-electron chi connectivity index (χ1n) is 7.71. The van der Waals surface area contributed by atoms with Crippen LogP contribution in [0.1, 0.15) is 12.0 Å². The van der Waals surface area contributed by atoms with E-state index in [4.69, 9.17) is 4.74 Å². The second-order valence-corrected chi connectivity index (χ2v) is 6.73. The summed E-state index contributed by atoms with van der Waals surface area (Å²) in [5.41, 5.74) is 1.22. The lowest BCUT2D eigenvalue weighted by Gasteiger charge is -2.26. The molecule has 1 unspecified atom stereocenters. The number of likely N-dealkylation sites (N-methyl/N-ethyl adjacent to an activating group) is 1. The molecule has 2 heterocycles. The monoisotopic (exact) mass is 376 g/mol. The Morgan fingerprint density at radius 2 is 2.26 bits per heavy atom. The number of benzene rings is 1. The van der Waals surface area contributed by atoms with Gasteiger partial charge in [-0.2, -0.15) is 0 Å². The molecule has 0 aliphatic carbocycles. The minimum atomic E-state index is 0.475.